The number of nitrogens with zero attached hydrogens (tertiary/aromatic N) is 2. The molecule has 0 saturated carbocycles. The fraction of sp³-hybridized carbons (Fsp3) is 0.0476. The lowest BCUT2D eigenvalue weighted by Gasteiger charge is -2.09. The topological polar surface area (TPSA) is 45.0 Å². The van der Waals surface area contributed by atoms with Crippen LogP contribution in [0, 0.1) is 0 Å². The van der Waals surface area contributed by atoms with Crippen LogP contribution < -0.4 is 0 Å². The predicted octanol–water partition coefficient (Wildman–Crippen LogP) is 5.04. The molecule has 3 nitrogen and oxygen atoms in total. The summed E-state index contributed by atoms with van der Waals surface area (Å²) in [6, 6.07) is 25.2. The molecule has 116 valence electrons. The highest BCUT2D eigenvalue weighted by Crippen LogP contribution is 2.33. The SMILES string of the molecule is Oc1ccccc1C1=Nc2ccccc2N=C(c2ccccc2)C1. The Hall–Kier alpha value is -3.20. The molecular weight excluding hydrogens is 296 g/mol. The molecule has 0 radical (unpaired) electrons. The molecule has 0 aromatic heterocycles. The molecule has 3 aromatic rings. The van der Waals surface area contributed by atoms with Crippen LogP contribution in [-0.2, 0) is 0 Å². The van der Waals surface area contributed by atoms with Gasteiger partial charge in [-0.15, -0.1) is 0 Å². The smallest absolute Gasteiger partial charge is 0.124 e. The zero-order valence-corrected chi connectivity index (χ0v) is 13.1. The molecule has 3 aromatic carbocycles. The van der Waals surface area contributed by atoms with Gasteiger partial charge in [-0.25, -0.2) is 0 Å². The third kappa shape index (κ3) is 2.72. The molecule has 0 aliphatic carbocycles. The summed E-state index contributed by atoms with van der Waals surface area (Å²) in [7, 11) is 0. The lowest BCUT2D eigenvalue weighted by Crippen LogP contribution is -2.10. The summed E-state index contributed by atoms with van der Waals surface area (Å²) >= 11 is 0. The van der Waals surface area contributed by atoms with Crippen LogP contribution in [0.2, 0.25) is 0 Å². The highest BCUT2D eigenvalue weighted by Gasteiger charge is 2.17. The maximum absolute atomic E-state index is 10.2. The Bertz CT molecular complexity index is 943. The lowest BCUT2D eigenvalue weighted by atomic mass is 9.99. The summed E-state index contributed by atoms with van der Waals surface area (Å²) in [6.07, 6.45) is 0.566. The van der Waals surface area contributed by atoms with Gasteiger partial charge in [-0.1, -0.05) is 54.6 Å². The molecule has 24 heavy (non-hydrogen) atoms. The summed E-state index contributed by atoms with van der Waals surface area (Å²) in [4.78, 5) is 9.62. The second-order valence-corrected chi connectivity index (χ2v) is 5.67. The molecule has 3 heteroatoms. The number of para-hydroxylation sites is 3. The van der Waals surface area contributed by atoms with Gasteiger partial charge in [0.2, 0.25) is 0 Å². The quantitative estimate of drug-likeness (QED) is 0.708. The number of hydrogen-bond acceptors (Lipinski definition) is 3. The number of aromatic hydroxyl groups is 1. The minimum absolute atomic E-state index is 0.239. The first kappa shape index (κ1) is 14.4. The molecule has 0 atom stereocenters. The Morgan fingerprint density at radius 2 is 1.21 bits per heavy atom. The Labute approximate surface area is 140 Å². The summed E-state index contributed by atoms with van der Waals surface area (Å²) in [6.45, 7) is 0. The zero-order chi connectivity index (χ0) is 16.4. The van der Waals surface area contributed by atoms with E-state index in [2.05, 4.69) is 12.1 Å². The summed E-state index contributed by atoms with van der Waals surface area (Å²) < 4.78 is 0. The minimum Gasteiger partial charge on any atom is -0.507 e. The number of rotatable bonds is 2. The number of phenolic OH excluding ortho intramolecular Hbond substituents is 1. The van der Waals surface area contributed by atoms with Crippen LogP contribution in [0.15, 0.2) is 88.8 Å². The van der Waals surface area contributed by atoms with Crippen molar-refractivity contribution in [2.24, 2.45) is 9.98 Å². The largest absolute Gasteiger partial charge is 0.507 e. The van der Waals surface area contributed by atoms with E-state index in [0.717, 1.165) is 33.9 Å². The van der Waals surface area contributed by atoms with E-state index in [1.165, 1.54) is 0 Å². The monoisotopic (exact) mass is 312 g/mol. The van der Waals surface area contributed by atoms with Gasteiger partial charge in [-0.3, -0.25) is 9.98 Å². The summed E-state index contributed by atoms with van der Waals surface area (Å²) in [5.41, 5.74) is 5.25. The van der Waals surface area contributed by atoms with E-state index in [1.54, 1.807) is 6.07 Å². The first-order valence-corrected chi connectivity index (χ1v) is 7.89. The van der Waals surface area contributed by atoms with Gasteiger partial charge in [0.05, 0.1) is 22.8 Å². The Morgan fingerprint density at radius 1 is 0.625 bits per heavy atom. The van der Waals surface area contributed by atoms with Crippen molar-refractivity contribution in [1.29, 1.82) is 0 Å². The van der Waals surface area contributed by atoms with Crippen LogP contribution in [0.5, 0.6) is 5.75 Å². The van der Waals surface area contributed by atoms with Gasteiger partial charge in [0.25, 0.3) is 0 Å². The first-order chi connectivity index (χ1) is 11.8. The highest BCUT2D eigenvalue weighted by atomic mass is 16.3. The third-order valence-corrected chi connectivity index (χ3v) is 4.05. The molecule has 4 rings (SSSR count). The molecular formula is C21H16N2O. The number of fused-ring (bicyclic) bond motifs is 1. The fourth-order valence-electron chi connectivity index (χ4n) is 2.85. The van der Waals surface area contributed by atoms with E-state index in [0.29, 0.717) is 6.42 Å². The van der Waals surface area contributed by atoms with E-state index in [4.69, 9.17) is 9.98 Å². The standard InChI is InChI=1S/C21H16N2O/c24-21-13-7-4-10-16(21)20-14-19(15-8-2-1-3-9-15)22-17-11-5-6-12-18(17)23-20/h1-13,24H,14H2. The van der Waals surface area contributed by atoms with E-state index in [1.807, 2.05) is 60.7 Å². The summed E-state index contributed by atoms with van der Waals surface area (Å²) in [5.74, 6) is 0.239. The Kier molecular flexibility index (Phi) is 3.67. The average molecular weight is 312 g/mol. The van der Waals surface area contributed by atoms with Crippen LogP contribution in [0.3, 0.4) is 0 Å². The van der Waals surface area contributed by atoms with Gasteiger partial charge in [0.15, 0.2) is 0 Å². The first-order valence-electron chi connectivity index (χ1n) is 7.89. The second-order valence-electron chi connectivity index (χ2n) is 5.67. The van der Waals surface area contributed by atoms with Crippen molar-refractivity contribution in [3.8, 4) is 5.75 Å². The van der Waals surface area contributed by atoms with E-state index in [-0.39, 0.29) is 5.75 Å². The molecule has 1 aliphatic heterocycles. The van der Waals surface area contributed by atoms with Crippen LogP contribution in [0.25, 0.3) is 0 Å². The zero-order valence-electron chi connectivity index (χ0n) is 13.1. The van der Waals surface area contributed by atoms with Gasteiger partial charge < -0.3 is 5.11 Å². The van der Waals surface area contributed by atoms with Gasteiger partial charge in [-0.2, -0.15) is 0 Å². The number of hydrogen-bond donors (Lipinski definition) is 1. The van der Waals surface area contributed by atoms with E-state index < -0.39 is 0 Å². The second kappa shape index (κ2) is 6.13. The Morgan fingerprint density at radius 3 is 1.92 bits per heavy atom. The fourth-order valence-corrected chi connectivity index (χ4v) is 2.85. The molecule has 0 bridgehead atoms. The van der Waals surface area contributed by atoms with Crippen LogP contribution in [-0.4, -0.2) is 16.5 Å². The number of phenols is 1. The van der Waals surface area contributed by atoms with Crippen molar-refractivity contribution in [3.05, 3.63) is 90.0 Å². The van der Waals surface area contributed by atoms with Crippen LogP contribution >= 0.6 is 0 Å². The molecule has 1 heterocycles. The summed E-state index contributed by atoms with van der Waals surface area (Å²) in [5, 5.41) is 10.2. The van der Waals surface area contributed by atoms with Crippen molar-refractivity contribution in [2.75, 3.05) is 0 Å². The minimum atomic E-state index is 0.239. The third-order valence-electron chi connectivity index (χ3n) is 4.05. The van der Waals surface area contributed by atoms with E-state index in [9.17, 15) is 5.11 Å². The van der Waals surface area contributed by atoms with Crippen molar-refractivity contribution in [3.63, 3.8) is 0 Å². The van der Waals surface area contributed by atoms with Gasteiger partial charge in [0, 0.05) is 12.0 Å². The molecule has 0 saturated heterocycles. The predicted molar refractivity (Wildman–Crippen MR) is 98.0 cm³/mol. The van der Waals surface area contributed by atoms with Crippen molar-refractivity contribution < 1.29 is 5.11 Å². The molecule has 0 spiro atoms. The Balaban J connectivity index is 1.90. The maximum Gasteiger partial charge on any atom is 0.124 e. The lowest BCUT2D eigenvalue weighted by molar-refractivity contribution is 0.474. The molecule has 0 amide bonds. The average Bonchev–Trinajstić information content (AvgIpc) is 2.82. The molecule has 0 unspecified atom stereocenters. The normalized spacial score (nSPS) is 13.5. The van der Waals surface area contributed by atoms with Crippen LogP contribution in [0.4, 0.5) is 11.4 Å². The number of aliphatic imine (C=N–C) groups is 2. The van der Waals surface area contributed by atoms with Gasteiger partial charge in [-0.05, 0) is 29.8 Å². The molecule has 1 aliphatic rings. The molecule has 0 fully saturated rings. The maximum atomic E-state index is 10.2. The van der Waals surface area contributed by atoms with Crippen LogP contribution in [0.1, 0.15) is 17.5 Å². The number of benzene rings is 3. The highest BCUT2D eigenvalue weighted by molar-refractivity contribution is 6.20. The van der Waals surface area contributed by atoms with Crippen molar-refractivity contribution >= 4 is 22.8 Å². The van der Waals surface area contributed by atoms with Crippen molar-refractivity contribution in [1.82, 2.24) is 0 Å². The van der Waals surface area contributed by atoms with Gasteiger partial charge in [0.1, 0.15) is 5.75 Å². The van der Waals surface area contributed by atoms with Gasteiger partial charge >= 0.3 is 0 Å². The van der Waals surface area contributed by atoms with E-state index >= 15 is 0 Å². The molecule has 1 N–H and O–H groups in total. The van der Waals surface area contributed by atoms with Crippen molar-refractivity contribution in [2.45, 2.75) is 6.42 Å².